The third-order valence-electron chi connectivity index (χ3n) is 4.06. The number of benzene rings is 2. The molecule has 1 atom stereocenters. The SMILES string of the molecule is O=C(N1CCc2ccccc2C1)N1OC1c1ccccc1. The number of hydrogen-bond acceptors (Lipinski definition) is 2. The number of carbonyl (C=O) groups is 1. The molecule has 2 heterocycles. The first-order valence-electron chi connectivity index (χ1n) is 7.19. The van der Waals surface area contributed by atoms with E-state index in [0.29, 0.717) is 6.54 Å². The Hall–Kier alpha value is -2.33. The number of hydrogen-bond donors (Lipinski definition) is 0. The number of urea groups is 1. The van der Waals surface area contributed by atoms with Gasteiger partial charge >= 0.3 is 6.03 Å². The van der Waals surface area contributed by atoms with Crippen molar-refractivity contribution in [1.29, 1.82) is 0 Å². The normalized spacial score (nSPS) is 20.1. The first-order chi connectivity index (χ1) is 10.3. The van der Waals surface area contributed by atoms with Gasteiger partial charge in [0.25, 0.3) is 0 Å². The van der Waals surface area contributed by atoms with Crippen LogP contribution >= 0.6 is 0 Å². The minimum atomic E-state index is -0.226. The Bertz CT molecular complexity index is 672. The van der Waals surface area contributed by atoms with E-state index in [-0.39, 0.29) is 12.3 Å². The highest BCUT2D eigenvalue weighted by Crippen LogP contribution is 2.38. The summed E-state index contributed by atoms with van der Waals surface area (Å²) in [5.74, 6) is 0. The molecule has 2 aliphatic rings. The summed E-state index contributed by atoms with van der Waals surface area (Å²) in [7, 11) is 0. The Morgan fingerprint density at radius 2 is 1.71 bits per heavy atom. The summed E-state index contributed by atoms with van der Waals surface area (Å²) in [6.07, 6.45) is 0.682. The van der Waals surface area contributed by atoms with Gasteiger partial charge in [0, 0.05) is 18.7 Å². The first kappa shape index (κ1) is 12.4. The van der Waals surface area contributed by atoms with E-state index >= 15 is 0 Å². The lowest BCUT2D eigenvalue weighted by molar-refractivity contribution is 0.133. The highest BCUT2D eigenvalue weighted by Gasteiger charge is 2.45. The predicted molar refractivity (Wildman–Crippen MR) is 78.1 cm³/mol. The molecule has 1 fully saturated rings. The van der Waals surface area contributed by atoms with Crippen LogP contribution in [-0.2, 0) is 17.8 Å². The molecular weight excluding hydrogens is 264 g/mol. The molecule has 0 radical (unpaired) electrons. The second kappa shape index (κ2) is 4.90. The molecule has 106 valence electrons. The average molecular weight is 280 g/mol. The Labute approximate surface area is 123 Å². The van der Waals surface area contributed by atoms with Gasteiger partial charge in [-0.3, -0.25) is 0 Å². The summed E-state index contributed by atoms with van der Waals surface area (Å²) < 4.78 is 0. The quantitative estimate of drug-likeness (QED) is 0.752. The lowest BCUT2D eigenvalue weighted by Gasteiger charge is -2.28. The molecule has 2 aliphatic heterocycles. The van der Waals surface area contributed by atoms with Gasteiger partial charge < -0.3 is 4.90 Å². The maximum Gasteiger partial charge on any atom is 0.347 e. The summed E-state index contributed by atoms with van der Waals surface area (Å²) in [5.41, 5.74) is 3.59. The molecule has 4 nitrogen and oxygen atoms in total. The second-order valence-corrected chi connectivity index (χ2v) is 5.42. The highest BCUT2D eigenvalue weighted by atomic mass is 16.8. The molecular formula is C17H16N2O2. The number of amides is 2. The van der Waals surface area contributed by atoms with Gasteiger partial charge in [-0.2, -0.15) is 5.06 Å². The van der Waals surface area contributed by atoms with Gasteiger partial charge in [0.1, 0.15) is 0 Å². The summed E-state index contributed by atoms with van der Waals surface area (Å²) in [4.78, 5) is 19.8. The number of nitrogens with zero attached hydrogens (tertiary/aromatic N) is 2. The summed E-state index contributed by atoms with van der Waals surface area (Å²) in [6, 6.07) is 18.1. The van der Waals surface area contributed by atoms with E-state index in [4.69, 9.17) is 4.84 Å². The molecule has 0 N–H and O–H groups in total. The second-order valence-electron chi connectivity index (χ2n) is 5.42. The zero-order valence-electron chi connectivity index (χ0n) is 11.6. The standard InChI is InChI=1S/C17H16N2O2/c20-17(19-16(21-19)14-7-2-1-3-8-14)18-11-10-13-6-4-5-9-15(13)12-18/h1-9,16H,10-12H2. The fraction of sp³-hybridized carbons (Fsp3) is 0.235. The van der Waals surface area contributed by atoms with Crippen molar-refractivity contribution in [3.8, 4) is 0 Å². The summed E-state index contributed by atoms with van der Waals surface area (Å²) in [5, 5.41) is 1.46. The molecule has 0 aromatic heterocycles. The van der Waals surface area contributed by atoms with E-state index in [0.717, 1.165) is 18.5 Å². The molecule has 0 bridgehead atoms. The monoisotopic (exact) mass is 280 g/mol. The molecule has 2 aromatic rings. The maximum absolute atomic E-state index is 12.5. The van der Waals surface area contributed by atoms with Crippen LogP contribution in [0.2, 0.25) is 0 Å². The Morgan fingerprint density at radius 3 is 2.52 bits per heavy atom. The van der Waals surface area contributed by atoms with Crippen LogP contribution < -0.4 is 0 Å². The number of hydroxylamine groups is 2. The van der Waals surface area contributed by atoms with E-state index < -0.39 is 0 Å². The van der Waals surface area contributed by atoms with E-state index in [9.17, 15) is 4.79 Å². The Balaban J connectivity index is 1.46. The van der Waals surface area contributed by atoms with Crippen molar-refractivity contribution < 1.29 is 9.63 Å². The molecule has 4 heteroatoms. The van der Waals surface area contributed by atoms with Gasteiger partial charge in [-0.05, 0) is 17.5 Å². The van der Waals surface area contributed by atoms with E-state index in [1.54, 1.807) is 0 Å². The molecule has 0 aliphatic carbocycles. The molecule has 1 saturated heterocycles. The number of rotatable bonds is 1. The molecule has 2 aromatic carbocycles. The van der Waals surface area contributed by atoms with Crippen molar-refractivity contribution in [3.05, 3.63) is 71.3 Å². The van der Waals surface area contributed by atoms with Gasteiger partial charge in [0.2, 0.25) is 6.23 Å². The fourth-order valence-corrected chi connectivity index (χ4v) is 2.84. The minimum absolute atomic E-state index is 0.0432. The van der Waals surface area contributed by atoms with Gasteiger partial charge in [0.05, 0.1) is 0 Å². The topological polar surface area (TPSA) is 35.9 Å². The molecule has 0 spiro atoms. The molecule has 1 unspecified atom stereocenters. The van der Waals surface area contributed by atoms with Crippen LogP contribution in [0.3, 0.4) is 0 Å². The lowest BCUT2D eigenvalue weighted by atomic mass is 10.0. The lowest BCUT2D eigenvalue weighted by Crippen LogP contribution is -2.38. The van der Waals surface area contributed by atoms with Crippen LogP contribution in [-0.4, -0.2) is 22.5 Å². The van der Waals surface area contributed by atoms with Crippen molar-refractivity contribution in [1.82, 2.24) is 9.96 Å². The van der Waals surface area contributed by atoms with Crippen molar-refractivity contribution >= 4 is 6.03 Å². The third-order valence-corrected chi connectivity index (χ3v) is 4.06. The zero-order valence-corrected chi connectivity index (χ0v) is 11.6. The third kappa shape index (κ3) is 2.28. The predicted octanol–water partition coefficient (Wildman–Crippen LogP) is 3.11. The minimum Gasteiger partial charge on any atom is -0.318 e. The summed E-state index contributed by atoms with van der Waals surface area (Å²) in [6.45, 7) is 1.41. The van der Waals surface area contributed by atoms with Crippen LogP contribution in [0.25, 0.3) is 0 Å². The number of carbonyl (C=O) groups excluding carboxylic acids is 1. The van der Waals surface area contributed by atoms with Crippen LogP contribution in [0.15, 0.2) is 54.6 Å². The number of fused-ring (bicyclic) bond motifs is 1. The largest absolute Gasteiger partial charge is 0.347 e. The van der Waals surface area contributed by atoms with Gasteiger partial charge in [0.15, 0.2) is 0 Å². The van der Waals surface area contributed by atoms with Gasteiger partial charge in [-0.15, -0.1) is 0 Å². The van der Waals surface area contributed by atoms with Crippen LogP contribution in [0, 0.1) is 0 Å². The maximum atomic E-state index is 12.5. The van der Waals surface area contributed by atoms with Crippen LogP contribution in [0.5, 0.6) is 0 Å². The van der Waals surface area contributed by atoms with Crippen molar-refractivity contribution in [2.75, 3.05) is 6.54 Å². The Morgan fingerprint density at radius 1 is 1.00 bits per heavy atom. The van der Waals surface area contributed by atoms with E-state index in [2.05, 4.69) is 18.2 Å². The van der Waals surface area contributed by atoms with E-state index in [1.165, 1.54) is 16.2 Å². The van der Waals surface area contributed by atoms with Gasteiger partial charge in [-0.1, -0.05) is 54.6 Å². The molecule has 4 rings (SSSR count). The molecule has 2 amide bonds. The van der Waals surface area contributed by atoms with Crippen LogP contribution in [0.4, 0.5) is 4.79 Å². The molecule has 21 heavy (non-hydrogen) atoms. The van der Waals surface area contributed by atoms with Crippen molar-refractivity contribution in [2.24, 2.45) is 0 Å². The fourth-order valence-electron chi connectivity index (χ4n) is 2.84. The first-order valence-corrected chi connectivity index (χ1v) is 7.19. The average Bonchev–Trinajstić information content (AvgIpc) is 3.35. The Kier molecular flexibility index (Phi) is 2.89. The highest BCUT2D eigenvalue weighted by molar-refractivity contribution is 5.75. The van der Waals surface area contributed by atoms with Crippen molar-refractivity contribution in [2.45, 2.75) is 19.2 Å². The van der Waals surface area contributed by atoms with E-state index in [1.807, 2.05) is 41.3 Å². The smallest absolute Gasteiger partial charge is 0.318 e. The molecule has 0 saturated carbocycles. The van der Waals surface area contributed by atoms with Crippen LogP contribution in [0.1, 0.15) is 22.9 Å². The summed E-state index contributed by atoms with van der Waals surface area (Å²) >= 11 is 0. The van der Waals surface area contributed by atoms with Crippen molar-refractivity contribution in [3.63, 3.8) is 0 Å². The van der Waals surface area contributed by atoms with Gasteiger partial charge in [-0.25, -0.2) is 9.63 Å². The zero-order chi connectivity index (χ0) is 14.2.